The van der Waals surface area contributed by atoms with Crippen LogP contribution >= 0.6 is 0 Å². The molecule has 1 saturated carbocycles. The average molecular weight is 767 g/mol. The zero-order valence-electron chi connectivity index (χ0n) is 34.7. The summed E-state index contributed by atoms with van der Waals surface area (Å²) in [5.74, 6) is 1.41. The normalized spacial score (nSPS) is 15.6. The number of ether oxygens (including phenoxy) is 3. The van der Waals surface area contributed by atoms with Crippen molar-refractivity contribution >= 4 is 11.9 Å². The van der Waals surface area contributed by atoms with E-state index in [0.29, 0.717) is 62.2 Å². The van der Waals surface area contributed by atoms with Gasteiger partial charge in [-0.3, -0.25) is 0 Å². The molecule has 0 radical (unpaired) electrons. The predicted molar refractivity (Wildman–Crippen MR) is 227 cm³/mol. The van der Waals surface area contributed by atoms with Crippen LogP contribution in [0.15, 0.2) is 78.9 Å². The van der Waals surface area contributed by atoms with E-state index in [-0.39, 0.29) is 26.4 Å². The summed E-state index contributed by atoms with van der Waals surface area (Å²) in [4.78, 5) is 24.3. The van der Waals surface area contributed by atoms with E-state index in [1.54, 1.807) is 13.8 Å². The molecular formula is C49H66O7. The standard InChI is InChI=1S/C49H66O7/c1-8-24-49(32-50,33-51)25-28-54-46-42(12-10-26-55-47(52)34(3)4)30-44(31-43(46)13-11-27-56-48(53)35(5)6)41-22-23-45(37(9-2)29-41)40-20-18-39(19-21-40)38-16-14-36(7)15-17-38/h18-23,29-31,36,38,50-51H,3,5,8-17,24-28,32-33H2,1-2,4,6-7H3. The molecule has 1 aliphatic carbocycles. The van der Waals surface area contributed by atoms with Gasteiger partial charge in [-0.2, -0.15) is 0 Å². The lowest BCUT2D eigenvalue weighted by Gasteiger charge is -2.30. The zero-order valence-corrected chi connectivity index (χ0v) is 34.7. The fraction of sp³-hybridized carbons (Fsp3) is 0.510. The summed E-state index contributed by atoms with van der Waals surface area (Å²) >= 11 is 0. The molecule has 0 heterocycles. The molecule has 304 valence electrons. The largest absolute Gasteiger partial charge is 0.493 e. The second-order valence-electron chi connectivity index (χ2n) is 16.1. The first-order chi connectivity index (χ1) is 26.9. The van der Waals surface area contributed by atoms with Crippen LogP contribution in [0.4, 0.5) is 0 Å². The molecule has 4 rings (SSSR count). The van der Waals surface area contributed by atoms with Crippen molar-refractivity contribution in [3.05, 3.63) is 101 Å². The van der Waals surface area contributed by atoms with Crippen molar-refractivity contribution in [3.8, 4) is 28.0 Å². The van der Waals surface area contributed by atoms with Crippen molar-refractivity contribution in [2.24, 2.45) is 11.3 Å². The fourth-order valence-electron chi connectivity index (χ4n) is 7.85. The number of hydrogen-bond acceptors (Lipinski definition) is 7. The van der Waals surface area contributed by atoms with Crippen LogP contribution in [0.2, 0.25) is 0 Å². The highest BCUT2D eigenvalue weighted by Gasteiger charge is 2.28. The SMILES string of the molecule is C=C(C)C(=O)OCCCc1cc(-c2ccc(-c3ccc(C4CCC(C)CC4)cc3)c(CC)c2)cc(CCCOC(=O)C(=C)C)c1OCCC(CO)(CO)CCC. The first-order valence-corrected chi connectivity index (χ1v) is 20.8. The molecule has 1 aliphatic rings. The Morgan fingerprint density at radius 3 is 1.75 bits per heavy atom. The van der Waals surface area contributed by atoms with Crippen LogP contribution < -0.4 is 4.74 Å². The van der Waals surface area contributed by atoms with E-state index in [0.717, 1.165) is 46.8 Å². The second-order valence-corrected chi connectivity index (χ2v) is 16.1. The molecule has 0 saturated heterocycles. The first kappa shape index (κ1) is 44.5. The van der Waals surface area contributed by atoms with Crippen molar-refractivity contribution in [1.82, 2.24) is 0 Å². The Bertz CT molecular complexity index is 1700. The maximum absolute atomic E-state index is 12.2. The molecule has 0 amide bonds. The van der Waals surface area contributed by atoms with Crippen molar-refractivity contribution in [3.63, 3.8) is 0 Å². The molecule has 7 heteroatoms. The van der Waals surface area contributed by atoms with Gasteiger partial charge in [0.05, 0.1) is 33.0 Å². The van der Waals surface area contributed by atoms with Gasteiger partial charge in [-0.05, 0) is 140 Å². The van der Waals surface area contributed by atoms with Gasteiger partial charge in [0.15, 0.2) is 0 Å². The minimum Gasteiger partial charge on any atom is -0.493 e. The van der Waals surface area contributed by atoms with E-state index in [1.807, 2.05) is 6.92 Å². The summed E-state index contributed by atoms with van der Waals surface area (Å²) < 4.78 is 17.5. The molecular weight excluding hydrogens is 701 g/mol. The summed E-state index contributed by atoms with van der Waals surface area (Å²) in [6.07, 6.45) is 10.4. The van der Waals surface area contributed by atoms with E-state index in [4.69, 9.17) is 14.2 Å². The Hall–Kier alpha value is -4.20. The molecule has 1 fully saturated rings. The number of aliphatic hydroxyl groups is 2. The number of benzene rings is 3. The van der Waals surface area contributed by atoms with Gasteiger partial charge in [-0.1, -0.05) is 95.7 Å². The molecule has 0 aliphatic heterocycles. The molecule has 3 aromatic carbocycles. The maximum atomic E-state index is 12.2. The molecule has 7 nitrogen and oxygen atoms in total. The summed E-state index contributed by atoms with van der Waals surface area (Å²) in [7, 11) is 0. The van der Waals surface area contributed by atoms with Gasteiger partial charge >= 0.3 is 11.9 Å². The Balaban J connectivity index is 1.69. The van der Waals surface area contributed by atoms with Gasteiger partial charge in [0.2, 0.25) is 0 Å². The van der Waals surface area contributed by atoms with Crippen molar-refractivity contribution in [1.29, 1.82) is 0 Å². The summed E-state index contributed by atoms with van der Waals surface area (Å²) in [6.45, 7) is 17.8. The minimum absolute atomic E-state index is 0.124. The number of rotatable bonds is 22. The van der Waals surface area contributed by atoms with Gasteiger partial charge in [0, 0.05) is 16.6 Å². The Kier molecular flexibility index (Phi) is 17.4. The number of esters is 2. The molecule has 56 heavy (non-hydrogen) atoms. The topological polar surface area (TPSA) is 102 Å². The number of hydrogen-bond donors (Lipinski definition) is 2. The average Bonchev–Trinajstić information content (AvgIpc) is 3.21. The predicted octanol–water partition coefficient (Wildman–Crippen LogP) is 10.5. The van der Waals surface area contributed by atoms with E-state index in [9.17, 15) is 19.8 Å². The molecule has 3 aromatic rings. The minimum atomic E-state index is -0.629. The smallest absolute Gasteiger partial charge is 0.333 e. The molecule has 0 unspecified atom stereocenters. The first-order valence-electron chi connectivity index (χ1n) is 20.8. The second kappa shape index (κ2) is 21.9. The van der Waals surface area contributed by atoms with Crippen LogP contribution in [0.3, 0.4) is 0 Å². The van der Waals surface area contributed by atoms with Crippen molar-refractivity contribution in [2.45, 2.75) is 118 Å². The number of carbonyl (C=O) groups excluding carboxylic acids is 2. The lowest BCUT2D eigenvalue weighted by Crippen LogP contribution is -2.31. The van der Waals surface area contributed by atoms with Crippen LogP contribution in [0.25, 0.3) is 22.3 Å². The lowest BCUT2D eigenvalue weighted by atomic mass is 9.79. The van der Waals surface area contributed by atoms with Crippen LogP contribution in [0, 0.1) is 11.3 Å². The van der Waals surface area contributed by atoms with Crippen LogP contribution in [0.5, 0.6) is 5.75 Å². The highest BCUT2D eigenvalue weighted by atomic mass is 16.5. The molecule has 0 spiro atoms. The maximum Gasteiger partial charge on any atom is 0.333 e. The monoisotopic (exact) mass is 766 g/mol. The fourth-order valence-corrected chi connectivity index (χ4v) is 7.85. The third kappa shape index (κ3) is 12.4. The Labute approximate surface area is 336 Å². The molecule has 0 aromatic heterocycles. The number of aliphatic hydroxyl groups excluding tert-OH is 2. The summed E-state index contributed by atoms with van der Waals surface area (Å²) in [6, 6.07) is 20.3. The third-order valence-electron chi connectivity index (χ3n) is 11.4. The zero-order chi connectivity index (χ0) is 40.7. The van der Waals surface area contributed by atoms with Crippen LogP contribution in [-0.4, -0.2) is 55.2 Å². The van der Waals surface area contributed by atoms with Gasteiger partial charge < -0.3 is 24.4 Å². The van der Waals surface area contributed by atoms with Gasteiger partial charge in [0.25, 0.3) is 0 Å². The third-order valence-corrected chi connectivity index (χ3v) is 11.4. The number of aryl methyl sites for hydroxylation is 3. The summed E-state index contributed by atoms with van der Waals surface area (Å²) in [5.41, 5.74) is 9.38. The van der Waals surface area contributed by atoms with Gasteiger partial charge in [-0.15, -0.1) is 0 Å². The highest BCUT2D eigenvalue weighted by Crippen LogP contribution is 2.39. The quantitative estimate of drug-likeness (QED) is 0.0596. The van der Waals surface area contributed by atoms with Crippen LogP contribution in [0.1, 0.15) is 121 Å². The van der Waals surface area contributed by atoms with Gasteiger partial charge in [-0.25, -0.2) is 9.59 Å². The summed E-state index contributed by atoms with van der Waals surface area (Å²) in [5, 5.41) is 20.5. The highest BCUT2D eigenvalue weighted by molar-refractivity contribution is 5.87. The van der Waals surface area contributed by atoms with E-state index in [2.05, 4.69) is 81.6 Å². The lowest BCUT2D eigenvalue weighted by molar-refractivity contribution is -0.139. The molecule has 0 atom stereocenters. The number of carbonyl (C=O) groups is 2. The van der Waals surface area contributed by atoms with Crippen molar-refractivity contribution < 1.29 is 34.0 Å². The van der Waals surface area contributed by atoms with Crippen molar-refractivity contribution in [2.75, 3.05) is 33.0 Å². The van der Waals surface area contributed by atoms with Gasteiger partial charge in [0.1, 0.15) is 5.75 Å². The van der Waals surface area contributed by atoms with E-state index in [1.165, 1.54) is 47.9 Å². The Morgan fingerprint density at radius 1 is 0.714 bits per heavy atom. The van der Waals surface area contributed by atoms with E-state index >= 15 is 0 Å². The molecule has 2 N–H and O–H groups in total. The van der Waals surface area contributed by atoms with E-state index < -0.39 is 17.4 Å². The Morgan fingerprint density at radius 2 is 1.25 bits per heavy atom. The van der Waals surface area contributed by atoms with Crippen LogP contribution in [-0.2, 0) is 38.3 Å². The molecule has 0 bridgehead atoms.